The molecule has 7 heteroatoms. The molecule has 2 amide bonds. The summed E-state index contributed by atoms with van der Waals surface area (Å²) in [6, 6.07) is 7.77. The number of guanidine groups is 1. The van der Waals surface area contributed by atoms with Gasteiger partial charge in [0, 0.05) is 38.8 Å². The van der Waals surface area contributed by atoms with Crippen LogP contribution in [0.1, 0.15) is 26.3 Å². The maximum absolute atomic E-state index is 12.8. The van der Waals surface area contributed by atoms with Crippen LogP contribution in [0.3, 0.4) is 0 Å². The van der Waals surface area contributed by atoms with E-state index in [1.54, 1.807) is 30.6 Å². The van der Waals surface area contributed by atoms with E-state index < -0.39 is 5.54 Å². The number of nitrogens with two attached hydrogens (primary N) is 1. The summed E-state index contributed by atoms with van der Waals surface area (Å²) >= 11 is 0. The molecule has 1 heterocycles. The summed E-state index contributed by atoms with van der Waals surface area (Å²) in [5.41, 5.74) is 6.98. The van der Waals surface area contributed by atoms with Crippen LogP contribution >= 0.6 is 0 Å². The molecule has 0 bridgehead atoms. The second-order valence-electron chi connectivity index (χ2n) is 6.85. The normalized spacial score (nSPS) is 15.9. The fourth-order valence-corrected chi connectivity index (χ4v) is 2.77. The molecule has 0 spiro atoms. The summed E-state index contributed by atoms with van der Waals surface area (Å²) in [6.07, 6.45) is 0. The van der Waals surface area contributed by atoms with Crippen LogP contribution < -0.4 is 11.1 Å². The molecule has 1 saturated heterocycles. The molecule has 1 aliphatic heterocycles. The van der Waals surface area contributed by atoms with Crippen LogP contribution in [0.2, 0.25) is 0 Å². The smallest absolute Gasteiger partial charge is 0.250 e. The van der Waals surface area contributed by atoms with Gasteiger partial charge < -0.3 is 20.9 Å². The third kappa shape index (κ3) is 4.95. The van der Waals surface area contributed by atoms with E-state index in [1.807, 2.05) is 31.2 Å². The molecule has 0 unspecified atom stereocenters. The minimum absolute atomic E-state index is 0.0379. The summed E-state index contributed by atoms with van der Waals surface area (Å²) in [4.78, 5) is 32.0. The summed E-state index contributed by atoms with van der Waals surface area (Å²) in [5.74, 6) is 0.143. The van der Waals surface area contributed by atoms with Crippen molar-refractivity contribution < 1.29 is 9.59 Å². The lowest BCUT2D eigenvalue weighted by Crippen LogP contribution is -2.54. The number of nitrogens with one attached hydrogen (secondary N) is 1. The first-order valence-corrected chi connectivity index (χ1v) is 8.43. The Bertz CT molecular complexity index is 659. The highest BCUT2D eigenvalue weighted by atomic mass is 16.2. The predicted molar refractivity (Wildman–Crippen MR) is 99.3 cm³/mol. The zero-order chi connectivity index (χ0) is 18.6. The second-order valence-corrected chi connectivity index (χ2v) is 6.85. The third-order valence-corrected chi connectivity index (χ3v) is 4.26. The average molecular weight is 345 g/mol. The van der Waals surface area contributed by atoms with Crippen molar-refractivity contribution in [3.8, 4) is 0 Å². The molecule has 7 nitrogen and oxygen atoms in total. The molecule has 0 radical (unpaired) electrons. The second kappa shape index (κ2) is 7.55. The van der Waals surface area contributed by atoms with Crippen LogP contribution in [0.4, 0.5) is 5.69 Å². The van der Waals surface area contributed by atoms with Gasteiger partial charge in [-0.05, 0) is 32.9 Å². The highest BCUT2D eigenvalue weighted by Gasteiger charge is 2.34. The Hall–Kier alpha value is -2.57. The minimum Gasteiger partial charge on any atom is -0.370 e. The van der Waals surface area contributed by atoms with Crippen molar-refractivity contribution in [1.29, 1.82) is 0 Å². The van der Waals surface area contributed by atoms with E-state index in [4.69, 9.17) is 5.73 Å². The first-order valence-electron chi connectivity index (χ1n) is 8.43. The van der Waals surface area contributed by atoms with Crippen molar-refractivity contribution in [2.24, 2.45) is 10.7 Å². The van der Waals surface area contributed by atoms with Gasteiger partial charge in [0.15, 0.2) is 5.96 Å². The summed E-state index contributed by atoms with van der Waals surface area (Å²) in [7, 11) is 0. The number of aliphatic imine (C=N–C) groups is 1. The number of anilines is 1. The fraction of sp³-hybridized carbons (Fsp3) is 0.500. The SMILES string of the molecule is CC(=O)N1CCN(C(=O)C(C)(C)N=C(N)Nc2ccc(C)cc2)CC1. The number of amides is 2. The van der Waals surface area contributed by atoms with Crippen molar-refractivity contribution in [2.45, 2.75) is 33.2 Å². The number of hydrogen-bond donors (Lipinski definition) is 2. The van der Waals surface area contributed by atoms with Crippen molar-refractivity contribution in [3.63, 3.8) is 0 Å². The third-order valence-electron chi connectivity index (χ3n) is 4.26. The van der Waals surface area contributed by atoms with E-state index in [-0.39, 0.29) is 17.8 Å². The number of piperazine rings is 1. The Morgan fingerprint density at radius 2 is 1.60 bits per heavy atom. The molecule has 1 aliphatic rings. The topological polar surface area (TPSA) is 91.0 Å². The fourth-order valence-electron chi connectivity index (χ4n) is 2.77. The number of carbonyl (C=O) groups excluding carboxylic acids is 2. The van der Waals surface area contributed by atoms with Crippen molar-refractivity contribution in [3.05, 3.63) is 29.8 Å². The molecular weight excluding hydrogens is 318 g/mol. The zero-order valence-electron chi connectivity index (χ0n) is 15.4. The highest BCUT2D eigenvalue weighted by molar-refractivity contribution is 5.96. The van der Waals surface area contributed by atoms with Gasteiger partial charge in [-0.25, -0.2) is 4.99 Å². The zero-order valence-corrected chi connectivity index (χ0v) is 15.4. The highest BCUT2D eigenvalue weighted by Crippen LogP contribution is 2.16. The molecule has 1 fully saturated rings. The molecule has 1 aromatic carbocycles. The molecule has 2 rings (SSSR count). The van der Waals surface area contributed by atoms with Crippen LogP contribution in [0.25, 0.3) is 0 Å². The standard InChI is InChI=1S/C18H27N5O2/c1-13-5-7-15(8-6-13)20-17(19)21-18(3,4)16(25)23-11-9-22(10-12-23)14(2)24/h5-8H,9-12H2,1-4H3,(H3,19,20,21). The van der Waals surface area contributed by atoms with Gasteiger partial charge in [0.2, 0.25) is 11.8 Å². The van der Waals surface area contributed by atoms with Crippen LogP contribution in [0.5, 0.6) is 0 Å². The molecule has 136 valence electrons. The Morgan fingerprint density at radius 3 is 2.12 bits per heavy atom. The number of nitrogens with zero attached hydrogens (tertiary/aromatic N) is 3. The first kappa shape index (κ1) is 18.8. The van der Waals surface area contributed by atoms with Gasteiger partial charge in [-0.3, -0.25) is 9.59 Å². The summed E-state index contributed by atoms with van der Waals surface area (Å²) in [5, 5.41) is 3.01. The van der Waals surface area contributed by atoms with Crippen LogP contribution in [-0.2, 0) is 9.59 Å². The molecule has 0 aromatic heterocycles. The van der Waals surface area contributed by atoms with Gasteiger partial charge in [-0.2, -0.15) is 0 Å². The molecule has 0 atom stereocenters. The maximum atomic E-state index is 12.8. The number of rotatable bonds is 3. The minimum atomic E-state index is -0.972. The number of hydrogen-bond acceptors (Lipinski definition) is 3. The number of benzene rings is 1. The monoisotopic (exact) mass is 345 g/mol. The van der Waals surface area contributed by atoms with E-state index in [0.717, 1.165) is 11.3 Å². The Balaban J connectivity index is 2.00. The van der Waals surface area contributed by atoms with Gasteiger partial charge in [0.05, 0.1) is 0 Å². The first-order chi connectivity index (χ1) is 11.7. The van der Waals surface area contributed by atoms with E-state index in [0.29, 0.717) is 26.2 Å². The van der Waals surface area contributed by atoms with Gasteiger partial charge in [-0.1, -0.05) is 17.7 Å². The quantitative estimate of drug-likeness (QED) is 0.636. The van der Waals surface area contributed by atoms with Gasteiger partial charge in [-0.15, -0.1) is 0 Å². The van der Waals surface area contributed by atoms with Crippen LogP contribution in [0, 0.1) is 6.92 Å². The molecule has 25 heavy (non-hydrogen) atoms. The summed E-state index contributed by atoms with van der Waals surface area (Å²) < 4.78 is 0. The largest absolute Gasteiger partial charge is 0.370 e. The van der Waals surface area contributed by atoms with Crippen LogP contribution in [-0.4, -0.2) is 59.3 Å². The lowest BCUT2D eigenvalue weighted by atomic mass is 10.0. The average Bonchev–Trinajstić information content (AvgIpc) is 2.56. The predicted octanol–water partition coefficient (Wildman–Crippen LogP) is 1.19. The van der Waals surface area contributed by atoms with Crippen molar-refractivity contribution in [1.82, 2.24) is 9.80 Å². The molecular formula is C18H27N5O2. The van der Waals surface area contributed by atoms with Crippen molar-refractivity contribution in [2.75, 3.05) is 31.5 Å². The maximum Gasteiger partial charge on any atom is 0.250 e. The van der Waals surface area contributed by atoms with Crippen LogP contribution in [0.15, 0.2) is 29.3 Å². The Kier molecular flexibility index (Phi) is 5.66. The van der Waals surface area contributed by atoms with Gasteiger partial charge >= 0.3 is 0 Å². The van der Waals surface area contributed by atoms with E-state index in [2.05, 4.69) is 10.3 Å². The lowest BCUT2D eigenvalue weighted by molar-refractivity contribution is -0.141. The van der Waals surface area contributed by atoms with E-state index >= 15 is 0 Å². The molecule has 1 aromatic rings. The molecule has 0 saturated carbocycles. The van der Waals surface area contributed by atoms with Gasteiger partial charge in [0.1, 0.15) is 5.54 Å². The Morgan fingerprint density at radius 1 is 1.08 bits per heavy atom. The van der Waals surface area contributed by atoms with Gasteiger partial charge in [0.25, 0.3) is 0 Å². The number of aryl methyl sites for hydroxylation is 1. The molecule has 3 N–H and O–H groups in total. The lowest BCUT2D eigenvalue weighted by Gasteiger charge is -2.37. The van der Waals surface area contributed by atoms with E-state index in [9.17, 15) is 9.59 Å². The molecule has 0 aliphatic carbocycles. The number of carbonyl (C=O) groups is 2. The Labute approximate surface area is 148 Å². The van der Waals surface area contributed by atoms with E-state index in [1.165, 1.54) is 0 Å². The van der Waals surface area contributed by atoms with Crippen molar-refractivity contribution >= 4 is 23.5 Å². The summed E-state index contributed by atoms with van der Waals surface area (Å²) in [6.45, 7) is 9.19.